The molecule has 1 aliphatic rings. The summed E-state index contributed by atoms with van der Waals surface area (Å²) in [6.07, 6.45) is 1.54. The summed E-state index contributed by atoms with van der Waals surface area (Å²) in [5, 5.41) is 4.96. The third kappa shape index (κ3) is 5.61. The van der Waals surface area contributed by atoms with Gasteiger partial charge >= 0.3 is 5.76 Å². The number of oxazole rings is 1. The first kappa shape index (κ1) is 26.1. The van der Waals surface area contributed by atoms with Crippen LogP contribution in [-0.2, 0) is 20.9 Å². The lowest BCUT2D eigenvalue weighted by Gasteiger charge is -2.26. The second-order valence-electron chi connectivity index (χ2n) is 9.54. The van der Waals surface area contributed by atoms with E-state index >= 15 is 0 Å². The van der Waals surface area contributed by atoms with Gasteiger partial charge in [-0.25, -0.2) is 9.36 Å². The lowest BCUT2D eigenvalue weighted by molar-refractivity contribution is -0.125. The number of carbonyl (C=O) groups is 2. The number of hydrogen-bond donors (Lipinski definition) is 1. The molecule has 0 spiro atoms. The van der Waals surface area contributed by atoms with Gasteiger partial charge in [-0.3, -0.25) is 9.59 Å². The summed E-state index contributed by atoms with van der Waals surface area (Å²) in [4.78, 5) is 38.8. The molecule has 9 heteroatoms. The molecule has 1 aliphatic heterocycles. The molecule has 2 amide bonds. The molecule has 0 saturated carbocycles. The number of aromatic nitrogens is 1. The number of para-hydroxylation sites is 1. The molecule has 4 aromatic carbocycles. The maximum Gasteiger partial charge on any atom is 0.423 e. The van der Waals surface area contributed by atoms with Crippen molar-refractivity contribution in [3.63, 3.8) is 0 Å². The molecular weight excluding hydrogens is 522 g/mol. The number of benzene rings is 4. The fourth-order valence-electron chi connectivity index (χ4n) is 4.89. The van der Waals surface area contributed by atoms with Gasteiger partial charge < -0.3 is 24.1 Å². The maximum absolute atomic E-state index is 12.6. The zero-order chi connectivity index (χ0) is 28.2. The fourth-order valence-corrected chi connectivity index (χ4v) is 4.89. The van der Waals surface area contributed by atoms with Crippen molar-refractivity contribution in [3.05, 3.63) is 114 Å². The summed E-state index contributed by atoms with van der Waals surface area (Å²) in [5.74, 6) is -0.147. The molecule has 1 saturated heterocycles. The number of morpholine rings is 1. The van der Waals surface area contributed by atoms with E-state index in [0.717, 1.165) is 27.6 Å². The predicted octanol–water partition coefficient (Wildman–Crippen LogP) is 4.31. The molecule has 5 aromatic rings. The first-order chi connectivity index (χ1) is 20.1. The van der Waals surface area contributed by atoms with Crippen LogP contribution in [0.15, 0.2) is 106 Å². The van der Waals surface area contributed by atoms with Gasteiger partial charge in [-0.2, -0.15) is 0 Å². The lowest BCUT2D eigenvalue weighted by atomic mass is 9.98. The minimum absolute atomic E-state index is 0.0236. The van der Waals surface area contributed by atoms with Crippen LogP contribution in [-0.4, -0.2) is 42.7 Å². The minimum atomic E-state index is -0.579. The number of anilines is 1. The van der Waals surface area contributed by atoms with E-state index in [1.807, 2.05) is 48.5 Å². The van der Waals surface area contributed by atoms with Crippen LogP contribution >= 0.6 is 0 Å². The molecule has 206 valence electrons. The number of carbonyl (C=O) groups excluding carboxylic acids is 2. The topological polar surface area (TPSA) is 103 Å². The average Bonchev–Trinajstić information content (AvgIpc) is 3.39. The van der Waals surface area contributed by atoms with E-state index in [9.17, 15) is 14.4 Å². The largest absolute Gasteiger partial charge is 0.483 e. The third-order valence-corrected chi connectivity index (χ3v) is 6.90. The van der Waals surface area contributed by atoms with Crippen molar-refractivity contribution in [3.8, 4) is 22.6 Å². The molecule has 0 unspecified atom stereocenters. The highest BCUT2D eigenvalue weighted by Crippen LogP contribution is 2.34. The molecule has 1 aromatic heterocycles. The third-order valence-electron chi connectivity index (χ3n) is 6.90. The summed E-state index contributed by atoms with van der Waals surface area (Å²) in [6.45, 7) is 0.835. The molecule has 1 fully saturated rings. The Labute approximate surface area is 235 Å². The first-order valence-electron chi connectivity index (χ1n) is 13.2. The Morgan fingerprint density at radius 2 is 1.59 bits per heavy atom. The smallest absolute Gasteiger partial charge is 0.423 e. The number of fused-ring (bicyclic) bond motifs is 1. The molecule has 0 atom stereocenters. The van der Waals surface area contributed by atoms with Gasteiger partial charge in [0.1, 0.15) is 18.1 Å². The Kier molecular flexibility index (Phi) is 7.34. The van der Waals surface area contributed by atoms with Gasteiger partial charge in [0.15, 0.2) is 6.61 Å². The SMILES string of the molecule is O=C(COc1ccccc1-c1cccc2ccccc12)NCc1cn(-c2ccc(N3CCOCC3=O)cc2)c(=O)o1. The van der Waals surface area contributed by atoms with Gasteiger partial charge in [0, 0.05) is 17.8 Å². The quantitative estimate of drug-likeness (QED) is 0.310. The Morgan fingerprint density at radius 3 is 2.44 bits per heavy atom. The standard InChI is InChI=1S/C32H27N3O6/c36-30(20-40-29-11-4-3-9-28(29)27-10-5-7-22-6-1-2-8-26(22)27)33-18-25-19-35(32(38)41-25)24-14-12-23(13-15-24)34-16-17-39-21-31(34)37/h1-15,19H,16-18,20-21H2,(H,33,36). The van der Waals surface area contributed by atoms with Crippen molar-refractivity contribution in [1.82, 2.24) is 9.88 Å². The Hall–Kier alpha value is -5.15. The predicted molar refractivity (Wildman–Crippen MR) is 154 cm³/mol. The van der Waals surface area contributed by atoms with Crippen LogP contribution < -0.4 is 20.7 Å². The van der Waals surface area contributed by atoms with Crippen molar-refractivity contribution in [2.24, 2.45) is 0 Å². The van der Waals surface area contributed by atoms with Gasteiger partial charge in [-0.15, -0.1) is 0 Å². The summed E-state index contributed by atoms with van der Waals surface area (Å²) in [6, 6.07) is 28.8. The van der Waals surface area contributed by atoms with Gasteiger partial charge in [0.05, 0.1) is 25.0 Å². The molecule has 9 nitrogen and oxygen atoms in total. The first-order valence-corrected chi connectivity index (χ1v) is 13.2. The number of hydrogen-bond acceptors (Lipinski definition) is 6. The molecule has 41 heavy (non-hydrogen) atoms. The van der Waals surface area contributed by atoms with E-state index < -0.39 is 5.76 Å². The van der Waals surface area contributed by atoms with Gasteiger partial charge in [0.2, 0.25) is 0 Å². The van der Waals surface area contributed by atoms with Crippen LogP contribution in [0.2, 0.25) is 0 Å². The van der Waals surface area contributed by atoms with Crippen LogP contribution in [0.4, 0.5) is 5.69 Å². The average molecular weight is 550 g/mol. The summed E-state index contributed by atoms with van der Waals surface area (Å²) in [7, 11) is 0. The molecule has 0 radical (unpaired) electrons. The van der Waals surface area contributed by atoms with Crippen molar-refractivity contribution in [1.29, 1.82) is 0 Å². The van der Waals surface area contributed by atoms with E-state index in [-0.39, 0.29) is 31.6 Å². The normalized spacial score (nSPS) is 13.4. The number of nitrogens with one attached hydrogen (secondary N) is 1. The molecule has 6 rings (SSSR count). The van der Waals surface area contributed by atoms with E-state index in [1.54, 1.807) is 29.2 Å². The van der Waals surface area contributed by atoms with Crippen LogP contribution in [0.5, 0.6) is 5.75 Å². The highest BCUT2D eigenvalue weighted by molar-refractivity contribution is 5.98. The van der Waals surface area contributed by atoms with Gasteiger partial charge in [0.25, 0.3) is 11.8 Å². The fraction of sp³-hybridized carbons (Fsp3) is 0.156. The monoisotopic (exact) mass is 549 g/mol. The van der Waals surface area contributed by atoms with Crippen molar-refractivity contribution in [2.75, 3.05) is 31.3 Å². The molecule has 1 N–H and O–H groups in total. The zero-order valence-electron chi connectivity index (χ0n) is 22.1. The van der Waals surface area contributed by atoms with Crippen LogP contribution in [0.1, 0.15) is 5.76 Å². The van der Waals surface area contributed by atoms with Crippen LogP contribution in [0, 0.1) is 0 Å². The van der Waals surface area contributed by atoms with Crippen LogP contribution in [0.25, 0.3) is 27.6 Å². The second-order valence-corrected chi connectivity index (χ2v) is 9.54. The highest BCUT2D eigenvalue weighted by atomic mass is 16.5. The molecule has 0 aliphatic carbocycles. The van der Waals surface area contributed by atoms with Crippen molar-refractivity contribution in [2.45, 2.75) is 6.54 Å². The number of nitrogens with zero attached hydrogens (tertiary/aromatic N) is 2. The Balaban J connectivity index is 1.09. The Bertz CT molecular complexity index is 1770. The highest BCUT2D eigenvalue weighted by Gasteiger charge is 2.20. The summed E-state index contributed by atoms with van der Waals surface area (Å²) in [5.41, 5.74) is 3.22. The van der Waals surface area contributed by atoms with E-state index in [4.69, 9.17) is 13.9 Å². The molecule has 2 heterocycles. The van der Waals surface area contributed by atoms with Crippen LogP contribution in [0.3, 0.4) is 0 Å². The lowest BCUT2D eigenvalue weighted by Crippen LogP contribution is -2.41. The minimum Gasteiger partial charge on any atom is -0.483 e. The molecule has 0 bridgehead atoms. The Morgan fingerprint density at radius 1 is 0.854 bits per heavy atom. The van der Waals surface area contributed by atoms with E-state index in [1.165, 1.54) is 10.8 Å². The number of rotatable bonds is 8. The number of ether oxygens (including phenoxy) is 2. The maximum atomic E-state index is 12.6. The zero-order valence-corrected chi connectivity index (χ0v) is 22.1. The second kappa shape index (κ2) is 11.5. The van der Waals surface area contributed by atoms with Gasteiger partial charge in [-0.05, 0) is 46.7 Å². The van der Waals surface area contributed by atoms with E-state index in [0.29, 0.717) is 30.3 Å². The van der Waals surface area contributed by atoms with Crippen molar-refractivity contribution >= 4 is 28.3 Å². The summed E-state index contributed by atoms with van der Waals surface area (Å²) < 4.78 is 17.8. The van der Waals surface area contributed by atoms with E-state index in [2.05, 4.69) is 23.5 Å². The molecular formula is C32H27N3O6. The number of amides is 2. The van der Waals surface area contributed by atoms with Gasteiger partial charge in [-0.1, -0.05) is 60.7 Å². The van der Waals surface area contributed by atoms with Crippen molar-refractivity contribution < 1.29 is 23.5 Å². The summed E-state index contributed by atoms with van der Waals surface area (Å²) >= 11 is 0.